The lowest BCUT2D eigenvalue weighted by atomic mass is 10.2. The lowest BCUT2D eigenvalue weighted by Crippen LogP contribution is -1.87. The molecule has 0 atom stereocenters. The molecule has 0 aliphatic carbocycles. The Balaban J connectivity index is 2.34. The first kappa shape index (κ1) is 14.3. The number of nitriles is 1. The highest BCUT2D eigenvalue weighted by molar-refractivity contribution is 6.43. The second-order valence-electron chi connectivity index (χ2n) is 3.55. The van der Waals surface area contributed by atoms with E-state index in [0.717, 1.165) is 0 Å². The van der Waals surface area contributed by atoms with Crippen LogP contribution in [0.5, 0.6) is 11.5 Å². The van der Waals surface area contributed by atoms with Crippen LogP contribution in [0.1, 0.15) is 5.56 Å². The second kappa shape index (κ2) is 5.90. The van der Waals surface area contributed by atoms with Crippen molar-refractivity contribution in [1.29, 1.82) is 5.26 Å². The zero-order chi connectivity index (χ0) is 14.0. The smallest absolute Gasteiger partial charge is 0.147 e. The van der Waals surface area contributed by atoms with Crippen LogP contribution in [0, 0.1) is 11.3 Å². The van der Waals surface area contributed by atoms with E-state index in [4.69, 9.17) is 56.4 Å². The molecule has 0 heterocycles. The number of rotatable bonds is 2. The minimum Gasteiger partial charge on any atom is -0.456 e. The summed E-state index contributed by atoms with van der Waals surface area (Å²) in [5.41, 5.74) is 0.370. The highest BCUT2D eigenvalue weighted by Crippen LogP contribution is 2.37. The maximum absolute atomic E-state index is 8.78. The van der Waals surface area contributed by atoms with Crippen LogP contribution in [-0.4, -0.2) is 0 Å². The van der Waals surface area contributed by atoms with Crippen molar-refractivity contribution in [2.75, 3.05) is 0 Å². The van der Waals surface area contributed by atoms with Gasteiger partial charge >= 0.3 is 0 Å². The van der Waals surface area contributed by atoms with Gasteiger partial charge < -0.3 is 4.74 Å². The Morgan fingerprint density at radius 2 is 1.53 bits per heavy atom. The molecule has 6 heteroatoms. The van der Waals surface area contributed by atoms with Crippen molar-refractivity contribution < 1.29 is 4.74 Å². The van der Waals surface area contributed by atoms with Gasteiger partial charge in [0.2, 0.25) is 0 Å². The van der Waals surface area contributed by atoms with E-state index >= 15 is 0 Å². The first-order chi connectivity index (χ1) is 9.01. The number of hydrogen-bond acceptors (Lipinski definition) is 2. The van der Waals surface area contributed by atoms with Crippen LogP contribution >= 0.6 is 46.4 Å². The molecule has 2 aromatic carbocycles. The van der Waals surface area contributed by atoms with Gasteiger partial charge in [0.1, 0.15) is 17.6 Å². The van der Waals surface area contributed by atoms with Crippen molar-refractivity contribution in [2.45, 2.75) is 0 Å². The lowest BCUT2D eigenvalue weighted by molar-refractivity contribution is 0.483. The highest BCUT2D eigenvalue weighted by Gasteiger charge is 2.09. The Labute approximate surface area is 130 Å². The van der Waals surface area contributed by atoms with Crippen molar-refractivity contribution in [3.8, 4) is 17.6 Å². The summed E-state index contributed by atoms with van der Waals surface area (Å²) in [6.45, 7) is 0. The van der Waals surface area contributed by atoms with Gasteiger partial charge in [0, 0.05) is 12.1 Å². The van der Waals surface area contributed by atoms with Crippen molar-refractivity contribution in [3.63, 3.8) is 0 Å². The molecule has 0 saturated heterocycles. The molecule has 0 aliphatic heterocycles. The van der Waals surface area contributed by atoms with Crippen molar-refractivity contribution >= 4 is 46.4 Å². The summed E-state index contributed by atoms with van der Waals surface area (Å²) in [5, 5.41) is 10.1. The molecule has 0 amide bonds. The predicted octanol–water partition coefficient (Wildman–Crippen LogP) is 5.96. The van der Waals surface area contributed by atoms with Gasteiger partial charge in [0.15, 0.2) is 0 Å². The van der Waals surface area contributed by atoms with Gasteiger partial charge in [0.05, 0.1) is 25.7 Å². The minimum atomic E-state index is 0.302. The van der Waals surface area contributed by atoms with Gasteiger partial charge in [-0.05, 0) is 18.2 Å². The number of benzene rings is 2. The van der Waals surface area contributed by atoms with Crippen LogP contribution in [-0.2, 0) is 0 Å². The monoisotopic (exact) mass is 331 g/mol. The Hall–Kier alpha value is -1.11. The molecule has 0 bridgehead atoms. The number of halogens is 4. The number of hydrogen-bond donors (Lipinski definition) is 0. The fourth-order valence-electron chi connectivity index (χ4n) is 1.36. The molecule has 0 fully saturated rings. The van der Waals surface area contributed by atoms with E-state index in [-0.39, 0.29) is 0 Å². The molecule has 96 valence electrons. The first-order valence-corrected chi connectivity index (χ1v) is 6.54. The van der Waals surface area contributed by atoms with Gasteiger partial charge in [-0.1, -0.05) is 46.4 Å². The van der Waals surface area contributed by atoms with Gasteiger partial charge in [-0.25, -0.2) is 0 Å². The van der Waals surface area contributed by atoms with Crippen LogP contribution < -0.4 is 4.74 Å². The quantitative estimate of drug-likeness (QED) is 0.635. The van der Waals surface area contributed by atoms with Crippen LogP contribution in [0.25, 0.3) is 0 Å². The summed E-state index contributed by atoms with van der Waals surface area (Å²) in [4.78, 5) is 0. The van der Waals surface area contributed by atoms with E-state index < -0.39 is 0 Å². The number of ether oxygens (including phenoxy) is 1. The van der Waals surface area contributed by atoms with E-state index in [1.807, 2.05) is 6.07 Å². The fourth-order valence-corrected chi connectivity index (χ4v) is 2.15. The fraction of sp³-hybridized carbons (Fsp3) is 0. The lowest BCUT2D eigenvalue weighted by Gasteiger charge is -2.09. The van der Waals surface area contributed by atoms with E-state index in [1.54, 1.807) is 12.1 Å². The van der Waals surface area contributed by atoms with Crippen LogP contribution in [0.4, 0.5) is 0 Å². The molecule has 0 saturated carbocycles. The van der Waals surface area contributed by atoms with Gasteiger partial charge in [0.25, 0.3) is 0 Å². The third-order valence-electron chi connectivity index (χ3n) is 2.26. The Kier molecular flexibility index (Phi) is 4.44. The topological polar surface area (TPSA) is 33.0 Å². The van der Waals surface area contributed by atoms with Crippen molar-refractivity contribution in [2.24, 2.45) is 0 Å². The molecule has 0 unspecified atom stereocenters. The Bertz CT molecular complexity index is 679. The molecule has 0 N–H and O–H groups in total. The molecular weight excluding hydrogens is 328 g/mol. The molecule has 0 spiro atoms. The maximum atomic E-state index is 8.78. The summed E-state index contributed by atoms with van der Waals surface area (Å²) < 4.78 is 5.56. The number of nitrogens with zero attached hydrogens (tertiary/aromatic N) is 1. The van der Waals surface area contributed by atoms with Gasteiger partial charge in [-0.15, -0.1) is 0 Å². The standard InChI is InChI=1S/C13H5Cl4NO/c14-9-3-8(2-1-7(9)6-18)19-13-5-11(16)10(15)4-12(13)17/h1-5H. The van der Waals surface area contributed by atoms with Crippen LogP contribution in [0.15, 0.2) is 30.3 Å². The van der Waals surface area contributed by atoms with Crippen LogP contribution in [0.3, 0.4) is 0 Å². The third-order valence-corrected chi connectivity index (χ3v) is 3.59. The molecule has 0 aliphatic rings. The molecule has 2 rings (SSSR count). The zero-order valence-corrected chi connectivity index (χ0v) is 12.3. The van der Waals surface area contributed by atoms with E-state index in [9.17, 15) is 0 Å². The zero-order valence-electron chi connectivity index (χ0n) is 9.25. The predicted molar refractivity (Wildman–Crippen MR) is 77.7 cm³/mol. The Morgan fingerprint density at radius 1 is 0.842 bits per heavy atom. The first-order valence-electron chi connectivity index (χ1n) is 5.03. The molecule has 0 radical (unpaired) electrons. The molecule has 2 aromatic rings. The van der Waals surface area contributed by atoms with E-state index in [1.165, 1.54) is 18.2 Å². The second-order valence-corrected chi connectivity index (χ2v) is 5.18. The van der Waals surface area contributed by atoms with Gasteiger partial charge in [-0.2, -0.15) is 5.26 Å². The average Bonchev–Trinajstić information content (AvgIpc) is 2.36. The maximum Gasteiger partial charge on any atom is 0.147 e. The van der Waals surface area contributed by atoms with Crippen molar-refractivity contribution in [1.82, 2.24) is 0 Å². The minimum absolute atomic E-state index is 0.302. The molecule has 0 aromatic heterocycles. The third kappa shape index (κ3) is 3.26. The van der Waals surface area contributed by atoms with E-state index in [2.05, 4.69) is 0 Å². The summed E-state index contributed by atoms with van der Waals surface area (Å²) in [6, 6.07) is 9.67. The van der Waals surface area contributed by atoms with Crippen LogP contribution in [0.2, 0.25) is 20.1 Å². The summed E-state index contributed by atoms with van der Waals surface area (Å²) in [7, 11) is 0. The van der Waals surface area contributed by atoms with Gasteiger partial charge in [-0.3, -0.25) is 0 Å². The normalized spacial score (nSPS) is 10.1. The van der Waals surface area contributed by atoms with Crippen molar-refractivity contribution in [3.05, 3.63) is 56.0 Å². The summed E-state index contributed by atoms with van der Waals surface area (Å²) in [6.07, 6.45) is 0. The molecule has 19 heavy (non-hydrogen) atoms. The van der Waals surface area contributed by atoms with E-state index in [0.29, 0.717) is 37.2 Å². The summed E-state index contributed by atoms with van der Waals surface area (Å²) >= 11 is 23.6. The molecular formula is C13H5Cl4NO. The summed E-state index contributed by atoms with van der Waals surface area (Å²) in [5.74, 6) is 0.807. The largest absolute Gasteiger partial charge is 0.456 e. The SMILES string of the molecule is N#Cc1ccc(Oc2cc(Cl)c(Cl)cc2Cl)cc1Cl. The Morgan fingerprint density at radius 3 is 2.16 bits per heavy atom. The highest BCUT2D eigenvalue weighted by atomic mass is 35.5. The molecule has 2 nitrogen and oxygen atoms in total. The average molecular weight is 333 g/mol.